The van der Waals surface area contributed by atoms with Crippen molar-refractivity contribution in [3.63, 3.8) is 0 Å². The van der Waals surface area contributed by atoms with Gasteiger partial charge < -0.3 is 5.11 Å². The molecule has 0 aromatic heterocycles. The molecule has 1 aliphatic heterocycles. The van der Waals surface area contributed by atoms with E-state index in [2.05, 4.69) is 11.5 Å². The van der Waals surface area contributed by atoms with Crippen LogP contribution in [0, 0.1) is 0 Å². The van der Waals surface area contributed by atoms with Crippen molar-refractivity contribution in [1.29, 1.82) is 0 Å². The molecule has 0 saturated carbocycles. The number of rotatable bonds is 4. The van der Waals surface area contributed by atoms with Crippen molar-refractivity contribution in [2.45, 2.75) is 0 Å². The predicted molar refractivity (Wildman–Crippen MR) is 50.7 cm³/mol. The van der Waals surface area contributed by atoms with E-state index in [1.165, 1.54) is 0 Å². The third-order valence-electron chi connectivity index (χ3n) is 2.21. The average Bonchev–Trinajstić information content (AvgIpc) is 2.08. The molecule has 1 saturated heterocycles. The molecule has 13 heavy (non-hydrogen) atoms. The molecule has 0 unspecified atom stereocenters. The number of piperazine rings is 1. The van der Waals surface area contributed by atoms with Gasteiger partial charge in [0.15, 0.2) is 0 Å². The van der Waals surface area contributed by atoms with Gasteiger partial charge in [0.05, 0.1) is 6.54 Å². The van der Waals surface area contributed by atoms with Crippen LogP contribution in [-0.4, -0.2) is 60.1 Å². The molecular formula is C9H16N2O2. The summed E-state index contributed by atoms with van der Waals surface area (Å²) in [6.45, 7) is 8.33. The molecule has 0 aliphatic carbocycles. The minimum absolute atomic E-state index is 0.169. The van der Waals surface area contributed by atoms with Gasteiger partial charge >= 0.3 is 5.97 Å². The lowest BCUT2D eigenvalue weighted by Crippen LogP contribution is -2.47. The van der Waals surface area contributed by atoms with Crippen LogP contribution >= 0.6 is 0 Å². The summed E-state index contributed by atoms with van der Waals surface area (Å²) in [4.78, 5) is 14.6. The van der Waals surface area contributed by atoms with Crippen LogP contribution < -0.4 is 0 Å². The fraction of sp³-hybridized carbons (Fsp3) is 0.667. The first-order valence-electron chi connectivity index (χ1n) is 4.50. The van der Waals surface area contributed by atoms with Gasteiger partial charge in [-0.1, -0.05) is 6.08 Å². The molecule has 74 valence electrons. The normalized spacial score (nSPS) is 20.0. The second kappa shape index (κ2) is 4.99. The summed E-state index contributed by atoms with van der Waals surface area (Å²) < 4.78 is 0. The van der Waals surface area contributed by atoms with Crippen LogP contribution in [0.25, 0.3) is 0 Å². The lowest BCUT2D eigenvalue weighted by molar-refractivity contribution is -0.138. The van der Waals surface area contributed by atoms with E-state index < -0.39 is 5.97 Å². The maximum atomic E-state index is 10.4. The third-order valence-corrected chi connectivity index (χ3v) is 2.21. The SMILES string of the molecule is C=CCN1CCN(CC(=O)O)CC1. The van der Waals surface area contributed by atoms with Crippen molar-refractivity contribution in [3.8, 4) is 0 Å². The Morgan fingerprint density at radius 3 is 2.31 bits per heavy atom. The number of hydrogen-bond acceptors (Lipinski definition) is 3. The summed E-state index contributed by atoms with van der Waals surface area (Å²) in [6, 6.07) is 0. The monoisotopic (exact) mass is 184 g/mol. The molecule has 0 atom stereocenters. The van der Waals surface area contributed by atoms with Gasteiger partial charge in [0, 0.05) is 32.7 Å². The molecule has 1 N–H and O–H groups in total. The minimum Gasteiger partial charge on any atom is -0.480 e. The maximum absolute atomic E-state index is 10.4. The summed E-state index contributed by atoms with van der Waals surface area (Å²) >= 11 is 0. The highest BCUT2D eigenvalue weighted by Crippen LogP contribution is 2.00. The zero-order valence-corrected chi connectivity index (χ0v) is 7.78. The fourth-order valence-electron chi connectivity index (χ4n) is 1.50. The number of aliphatic carboxylic acids is 1. The Kier molecular flexibility index (Phi) is 3.92. The zero-order valence-electron chi connectivity index (χ0n) is 7.78. The quantitative estimate of drug-likeness (QED) is 0.618. The molecule has 0 aromatic carbocycles. The van der Waals surface area contributed by atoms with Crippen molar-refractivity contribution in [2.24, 2.45) is 0 Å². The molecule has 1 aliphatic rings. The molecule has 0 aromatic rings. The smallest absolute Gasteiger partial charge is 0.317 e. The van der Waals surface area contributed by atoms with E-state index in [0.717, 1.165) is 32.7 Å². The third kappa shape index (κ3) is 3.57. The number of carboxylic acid groups (broad SMARTS) is 1. The molecular weight excluding hydrogens is 168 g/mol. The van der Waals surface area contributed by atoms with Crippen LogP contribution in [0.5, 0.6) is 0 Å². The Morgan fingerprint density at radius 1 is 1.31 bits per heavy atom. The van der Waals surface area contributed by atoms with Crippen molar-refractivity contribution in [3.05, 3.63) is 12.7 Å². The Hall–Kier alpha value is -0.870. The van der Waals surface area contributed by atoms with Gasteiger partial charge in [-0.3, -0.25) is 14.6 Å². The fourth-order valence-corrected chi connectivity index (χ4v) is 1.50. The Labute approximate surface area is 78.4 Å². The lowest BCUT2D eigenvalue weighted by atomic mass is 10.3. The predicted octanol–water partition coefficient (Wildman–Crippen LogP) is -0.125. The van der Waals surface area contributed by atoms with Crippen LogP contribution in [0.2, 0.25) is 0 Å². The largest absolute Gasteiger partial charge is 0.480 e. The van der Waals surface area contributed by atoms with E-state index in [-0.39, 0.29) is 6.54 Å². The molecule has 0 radical (unpaired) electrons. The van der Waals surface area contributed by atoms with Gasteiger partial charge in [0.1, 0.15) is 0 Å². The van der Waals surface area contributed by atoms with E-state index in [1.807, 2.05) is 11.0 Å². The summed E-state index contributed by atoms with van der Waals surface area (Å²) in [5.74, 6) is -0.739. The number of hydrogen-bond donors (Lipinski definition) is 1. The first kappa shape index (κ1) is 10.2. The minimum atomic E-state index is -0.739. The lowest BCUT2D eigenvalue weighted by Gasteiger charge is -2.32. The molecule has 0 bridgehead atoms. The molecule has 0 amide bonds. The van der Waals surface area contributed by atoms with E-state index in [4.69, 9.17) is 5.11 Å². The summed E-state index contributed by atoms with van der Waals surface area (Å²) in [6.07, 6.45) is 1.88. The Morgan fingerprint density at radius 2 is 1.85 bits per heavy atom. The van der Waals surface area contributed by atoms with Gasteiger partial charge in [-0.2, -0.15) is 0 Å². The summed E-state index contributed by atoms with van der Waals surface area (Å²) in [7, 11) is 0. The van der Waals surface area contributed by atoms with Crippen molar-refractivity contribution in [1.82, 2.24) is 9.80 Å². The summed E-state index contributed by atoms with van der Waals surface area (Å²) in [5.41, 5.74) is 0. The van der Waals surface area contributed by atoms with E-state index in [1.54, 1.807) is 0 Å². The van der Waals surface area contributed by atoms with Crippen molar-refractivity contribution in [2.75, 3.05) is 39.3 Å². The average molecular weight is 184 g/mol. The maximum Gasteiger partial charge on any atom is 0.317 e. The van der Waals surface area contributed by atoms with Crippen LogP contribution in [0.15, 0.2) is 12.7 Å². The Bertz CT molecular complexity index is 186. The first-order chi connectivity index (χ1) is 6.22. The molecule has 4 nitrogen and oxygen atoms in total. The van der Waals surface area contributed by atoms with Crippen molar-refractivity contribution < 1.29 is 9.90 Å². The van der Waals surface area contributed by atoms with E-state index in [9.17, 15) is 4.79 Å². The van der Waals surface area contributed by atoms with Gasteiger partial charge in [0.25, 0.3) is 0 Å². The molecule has 1 rings (SSSR count). The zero-order chi connectivity index (χ0) is 9.68. The standard InChI is InChI=1S/C9H16N2O2/c1-2-3-10-4-6-11(7-5-10)8-9(12)13/h2H,1,3-8H2,(H,12,13). The molecule has 4 heteroatoms. The van der Waals surface area contributed by atoms with Crippen LogP contribution in [0.1, 0.15) is 0 Å². The van der Waals surface area contributed by atoms with Crippen LogP contribution in [0.4, 0.5) is 0 Å². The van der Waals surface area contributed by atoms with E-state index in [0.29, 0.717) is 0 Å². The highest BCUT2D eigenvalue weighted by Gasteiger charge is 2.17. The van der Waals surface area contributed by atoms with E-state index >= 15 is 0 Å². The van der Waals surface area contributed by atoms with Crippen LogP contribution in [-0.2, 0) is 4.79 Å². The van der Waals surface area contributed by atoms with Gasteiger partial charge in [-0.25, -0.2) is 0 Å². The summed E-state index contributed by atoms with van der Waals surface area (Å²) in [5, 5.41) is 8.56. The van der Waals surface area contributed by atoms with Gasteiger partial charge in [-0.05, 0) is 0 Å². The number of carboxylic acids is 1. The van der Waals surface area contributed by atoms with Gasteiger partial charge in [-0.15, -0.1) is 6.58 Å². The highest BCUT2D eigenvalue weighted by atomic mass is 16.4. The first-order valence-corrected chi connectivity index (χ1v) is 4.50. The van der Waals surface area contributed by atoms with Gasteiger partial charge in [0.2, 0.25) is 0 Å². The molecule has 0 spiro atoms. The van der Waals surface area contributed by atoms with Crippen molar-refractivity contribution >= 4 is 5.97 Å². The second-order valence-corrected chi connectivity index (χ2v) is 3.26. The highest BCUT2D eigenvalue weighted by molar-refractivity contribution is 5.69. The topological polar surface area (TPSA) is 43.8 Å². The number of nitrogens with zero attached hydrogens (tertiary/aromatic N) is 2. The second-order valence-electron chi connectivity index (χ2n) is 3.26. The molecule has 1 heterocycles. The van der Waals surface area contributed by atoms with Crippen LogP contribution in [0.3, 0.4) is 0 Å². The number of carbonyl (C=O) groups is 1. The molecule has 1 fully saturated rings. The Balaban J connectivity index is 2.22.